The molecule has 0 aromatic heterocycles. The van der Waals surface area contributed by atoms with Gasteiger partial charge in [0.15, 0.2) is 0 Å². The van der Waals surface area contributed by atoms with Crippen molar-refractivity contribution < 1.29 is 14.8 Å². The highest BCUT2D eigenvalue weighted by Gasteiger charge is 2.14. The molecule has 0 amide bonds. The minimum atomic E-state index is -0.636. The lowest BCUT2D eigenvalue weighted by molar-refractivity contribution is -0.385. The van der Waals surface area contributed by atoms with Crippen molar-refractivity contribution in [1.29, 1.82) is 0 Å². The third-order valence-corrected chi connectivity index (χ3v) is 3.42. The summed E-state index contributed by atoms with van der Waals surface area (Å²) in [5, 5.41) is 20.9. The Balaban J connectivity index is 2.36. The van der Waals surface area contributed by atoms with E-state index in [9.17, 15) is 15.2 Å². The standard InChI is InChI=1S/C15H14BrNO4/c1-2-14(18)13-5-3-4-6-15(13)21-12-8-10(16)7-11(9-12)17(19)20/h3-9,14,18H,2H2,1H3/t14-/m1/s1. The van der Waals surface area contributed by atoms with Crippen LogP contribution in [-0.4, -0.2) is 10.0 Å². The van der Waals surface area contributed by atoms with Crippen LogP contribution in [0.3, 0.4) is 0 Å². The molecule has 1 atom stereocenters. The van der Waals surface area contributed by atoms with E-state index < -0.39 is 11.0 Å². The molecule has 0 aliphatic carbocycles. The summed E-state index contributed by atoms with van der Waals surface area (Å²) in [6.45, 7) is 1.87. The number of benzene rings is 2. The Hall–Kier alpha value is -1.92. The number of rotatable bonds is 5. The molecule has 0 aliphatic rings. The molecule has 0 saturated carbocycles. The maximum Gasteiger partial charge on any atom is 0.274 e. The molecule has 0 heterocycles. The first-order valence-electron chi connectivity index (χ1n) is 6.41. The van der Waals surface area contributed by atoms with Gasteiger partial charge in [-0.15, -0.1) is 0 Å². The number of non-ortho nitro benzene ring substituents is 1. The average Bonchev–Trinajstić information content (AvgIpc) is 2.46. The summed E-state index contributed by atoms with van der Waals surface area (Å²) in [6.07, 6.45) is -0.0812. The summed E-state index contributed by atoms with van der Waals surface area (Å²) in [7, 11) is 0. The molecule has 0 radical (unpaired) electrons. The smallest absolute Gasteiger partial charge is 0.274 e. The monoisotopic (exact) mass is 351 g/mol. The number of nitrogens with zero attached hydrogens (tertiary/aromatic N) is 1. The van der Waals surface area contributed by atoms with Gasteiger partial charge in [0, 0.05) is 16.1 Å². The van der Waals surface area contributed by atoms with Crippen molar-refractivity contribution in [3.05, 3.63) is 62.6 Å². The number of halogens is 1. The maximum atomic E-state index is 10.9. The van der Waals surface area contributed by atoms with E-state index in [0.29, 0.717) is 28.0 Å². The van der Waals surface area contributed by atoms with Crippen molar-refractivity contribution in [2.45, 2.75) is 19.4 Å². The second-order valence-electron chi connectivity index (χ2n) is 4.47. The molecule has 0 aliphatic heterocycles. The SMILES string of the molecule is CC[C@@H](O)c1ccccc1Oc1cc(Br)cc([N+](=O)[O-])c1. The van der Waals surface area contributed by atoms with Crippen LogP contribution in [0.25, 0.3) is 0 Å². The molecular formula is C15H14BrNO4. The quantitative estimate of drug-likeness (QED) is 0.631. The molecule has 1 N–H and O–H groups in total. The molecule has 21 heavy (non-hydrogen) atoms. The molecule has 0 unspecified atom stereocenters. The van der Waals surface area contributed by atoms with Gasteiger partial charge in [-0.3, -0.25) is 10.1 Å². The number of aliphatic hydroxyl groups is 1. The van der Waals surface area contributed by atoms with Crippen molar-refractivity contribution in [3.8, 4) is 11.5 Å². The van der Waals surface area contributed by atoms with Gasteiger partial charge in [-0.25, -0.2) is 0 Å². The van der Waals surface area contributed by atoms with Gasteiger partial charge >= 0.3 is 0 Å². The molecule has 5 nitrogen and oxygen atoms in total. The lowest BCUT2D eigenvalue weighted by Gasteiger charge is -2.14. The number of para-hydroxylation sites is 1. The van der Waals surface area contributed by atoms with Crippen LogP contribution in [0, 0.1) is 10.1 Å². The molecule has 0 saturated heterocycles. The number of nitro groups is 1. The highest BCUT2D eigenvalue weighted by atomic mass is 79.9. The summed E-state index contributed by atoms with van der Waals surface area (Å²) in [5.41, 5.74) is 0.593. The molecule has 2 rings (SSSR count). The van der Waals surface area contributed by atoms with Gasteiger partial charge in [0.1, 0.15) is 11.5 Å². The van der Waals surface area contributed by atoms with Crippen LogP contribution >= 0.6 is 15.9 Å². The van der Waals surface area contributed by atoms with Gasteiger partial charge in [-0.2, -0.15) is 0 Å². The topological polar surface area (TPSA) is 72.6 Å². The molecule has 0 bridgehead atoms. The Labute approximate surface area is 130 Å². The Bertz CT molecular complexity index is 660. The Kier molecular flexibility index (Phi) is 4.93. The summed E-state index contributed by atoms with van der Waals surface area (Å²) >= 11 is 3.22. The van der Waals surface area contributed by atoms with Gasteiger partial charge in [0.2, 0.25) is 0 Å². The zero-order valence-electron chi connectivity index (χ0n) is 11.3. The zero-order chi connectivity index (χ0) is 15.4. The normalized spacial score (nSPS) is 12.0. The largest absolute Gasteiger partial charge is 0.457 e. The van der Waals surface area contributed by atoms with Crippen molar-refractivity contribution in [2.24, 2.45) is 0 Å². The van der Waals surface area contributed by atoms with Gasteiger partial charge in [-0.05, 0) is 18.6 Å². The van der Waals surface area contributed by atoms with E-state index in [-0.39, 0.29) is 5.69 Å². The molecule has 2 aromatic rings. The second kappa shape index (κ2) is 6.69. The maximum absolute atomic E-state index is 10.9. The van der Waals surface area contributed by atoms with Crippen LogP contribution < -0.4 is 4.74 Å². The second-order valence-corrected chi connectivity index (χ2v) is 5.38. The van der Waals surface area contributed by atoms with E-state index in [2.05, 4.69) is 15.9 Å². The lowest BCUT2D eigenvalue weighted by atomic mass is 10.1. The first-order chi connectivity index (χ1) is 10.0. The van der Waals surface area contributed by atoms with Gasteiger partial charge in [0.05, 0.1) is 17.1 Å². The van der Waals surface area contributed by atoms with Gasteiger partial charge in [0.25, 0.3) is 5.69 Å². The first-order valence-corrected chi connectivity index (χ1v) is 7.20. The molecule has 0 spiro atoms. The van der Waals surface area contributed by atoms with E-state index in [1.54, 1.807) is 24.3 Å². The van der Waals surface area contributed by atoms with Crippen LogP contribution in [-0.2, 0) is 0 Å². The van der Waals surface area contributed by atoms with E-state index in [0.717, 1.165) is 0 Å². The van der Waals surface area contributed by atoms with Crippen LogP contribution in [0.5, 0.6) is 11.5 Å². The lowest BCUT2D eigenvalue weighted by Crippen LogP contribution is -1.99. The van der Waals surface area contributed by atoms with Gasteiger partial charge < -0.3 is 9.84 Å². The van der Waals surface area contributed by atoms with Crippen LogP contribution in [0.2, 0.25) is 0 Å². The Morgan fingerprint density at radius 2 is 2.05 bits per heavy atom. The molecular weight excluding hydrogens is 338 g/mol. The van der Waals surface area contributed by atoms with Crippen molar-refractivity contribution in [3.63, 3.8) is 0 Å². The summed E-state index contributed by atoms with van der Waals surface area (Å²) < 4.78 is 6.27. The number of nitro benzene ring substituents is 1. The van der Waals surface area contributed by atoms with E-state index in [4.69, 9.17) is 4.74 Å². The molecule has 2 aromatic carbocycles. The first kappa shape index (κ1) is 15.5. The predicted octanol–water partition coefficient (Wildman–Crippen LogP) is 4.59. The third kappa shape index (κ3) is 3.80. The fraction of sp³-hybridized carbons (Fsp3) is 0.200. The van der Waals surface area contributed by atoms with Crippen molar-refractivity contribution in [2.75, 3.05) is 0 Å². The fourth-order valence-corrected chi connectivity index (χ4v) is 2.37. The van der Waals surface area contributed by atoms with Gasteiger partial charge in [-0.1, -0.05) is 41.1 Å². The third-order valence-electron chi connectivity index (χ3n) is 2.96. The predicted molar refractivity (Wildman–Crippen MR) is 82.6 cm³/mol. The highest BCUT2D eigenvalue weighted by molar-refractivity contribution is 9.10. The summed E-state index contributed by atoms with van der Waals surface area (Å²) in [4.78, 5) is 10.4. The van der Waals surface area contributed by atoms with Crippen LogP contribution in [0.4, 0.5) is 5.69 Å². The van der Waals surface area contributed by atoms with Crippen molar-refractivity contribution >= 4 is 21.6 Å². The minimum absolute atomic E-state index is 0.0621. The number of hydrogen-bond acceptors (Lipinski definition) is 4. The summed E-state index contributed by atoms with van der Waals surface area (Å²) in [5.74, 6) is 0.825. The number of hydrogen-bond donors (Lipinski definition) is 1. The van der Waals surface area contributed by atoms with Crippen LogP contribution in [0.1, 0.15) is 25.0 Å². The highest BCUT2D eigenvalue weighted by Crippen LogP contribution is 2.34. The Morgan fingerprint density at radius 3 is 2.71 bits per heavy atom. The number of ether oxygens (including phenoxy) is 1. The van der Waals surface area contributed by atoms with E-state index in [1.807, 2.05) is 13.0 Å². The number of aliphatic hydroxyl groups excluding tert-OH is 1. The summed E-state index contributed by atoms with van der Waals surface area (Å²) in [6, 6.07) is 11.5. The van der Waals surface area contributed by atoms with Crippen LogP contribution in [0.15, 0.2) is 46.9 Å². The van der Waals surface area contributed by atoms with Crippen molar-refractivity contribution in [1.82, 2.24) is 0 Å². The molecule has 110 valence electrons. The molecule has 0 fully saturated rings. The Morgan fingerprint density at radius 1 is 1.33 bits per heavy atom. The van der Waals surface area contributed by atoms with E-state index >= 15 is 0 Å². The molecule has 6 heteroatoms. The van der Waals surface area contributed by atoms with E-state index in [1.165, 1.54) is 12.1 Å². The minimum Gasteiger partial charge on any atom is -0.457 e. The fourth-order valence-electron chi connectivity index (χ4n) is 1.91. The zero-order valence-corrected chi connectivity index (χ0v) is 12.9. The average molecular weight is 352 g/mol.